The molecule has 1 amide bonds. The molecule has 1 fully saturated rings. The summed E-state index contributed by atoms with van der Waals surface area (Å²) in [5.74, 6) is -0.420. The summed E-state index contributed by atoms with van der Waals surface area (Å²) < 4.78 is 11.1. The lowest BCUT2D eigenvalue weighted by Gasteiger charge is -2.23. The maximum absolute atomic E-state index is 11.0. The highest BCUT2D eigenvalue weighted by atomic mass is 16.5. The highest BCUT2D eigenvalue weighted by molar-refractivity contribution is 5.92. The van der Waals surface area contributed by atoms with Crippen LogP contribution in [0.5, 0.6) is 0 Å². The van der Waals surface area contributed by atoms with Gasteiger partial charge in [-0.1, -0.05) is 12.1 Å². The van der Waals surface area contributed by atoms with Crippen molar-refractivity contribution in [1.82, 2.24) is 5.32 Å². The van der Waals surface area contributed by atoms with E-state index in [-0.39, 0.29) is 6.10 Å². The van der Waals surface area contributed by atoms with E-state index in [0.29, 0.717) is 18.8 Å². The van der Waals surface area contributed by atoms with Crippen molar-refractivity contribution in [3.63, 3.8) is 0 Å². The molecule has 0 saturated carbocycles. The maximum Gasteiger partial charge on any atom is 0.248 e. The molecule has 0 spiro atoms. The molecule has 1 unspecified atom stereocenters. The van der Waals surface area contributed by atoms with Gasteiger partial charge in [0.05, 0.1) is 25.9 Å². The first-order chi connectivity index (χ1) is 8.75. The first kappa shape index (κ1) is 13.0. The predicted molar refractivity (Wildman–Crippen MR) is 67.2 cm³/mol. The molecule has 1 heterocycles. The number of benzene rings is 1. The average molecular weight is 250 g/mol. The van der Waals surface area contributed by atoms with Gasteiger partial charge in [-0.2, -0.15) is 0 Å². The zero-order valence-electron chi connectivity index (χ0n) is 10.2. The predicted octanol–water partition coefficient (Wildman–Crippen LogP) is 0.291. The fourth-order valence-electron chi connectivity index (χ4n) is 1.85. The van der Waals surface area contributed by atoms with Gasteiger partial charge in [0.15, 0.2) is 0 Å². The number of nitrogens with two attached hydrogens (primary N) is 1. The molecule has 18 heavy (non-hydrogen) atoms. The largest absolute Gasteiger partial charge is 0.374 e. The Balaban J connectivity index is 1.78. The first-order valence-corrected chi connectivity index (χ1v) is 6.04. The van der Waals surface area contributed by atoms with Crippen molar-refractivity contribution in [2.24, 2.45) is 5.73 Å². The third-order valence-corrected chi connectivity index (χ3v) is 2.79. The van der Waals surface area contributed by atoms with Crippen molar-refractivity contribution in [2.75, 3.05) is 26.3 Å². The van der Waals surface area contributed by atoms with Crippen LogP contribution >= 0.6 is 0 Å². The Bertz CT molecular complexity index is 403. The number of morpholine rings is 1. The van der Waals surface area contributed by atoms with Crippen LogP contribution in [-0.4, -0.2) is 38.3 Å². The molecule has 1 aliphatic rings. The van der Waals surface area contributed by atoms with Gasteiger partial charge in [0.2, 0.25) is 5.91 Å². The summed E-state index contributed by atoms with van der Waals surface area (Å²) in [4.78, 5) is 11.0. The van der Waals surface area contributed by atoms with Gasteiger partial charge >= 0.3 is 0 Å². The Morgan fingerprint density at radius 1 is 1.56 bits per heavy atom. The van der Waals surface area contributed by atoms with E-state index in [1.165, 1.54) is 0 Å². The Hall–Kier alpha value is -1.43. The monoisotopic (exact) mass is 250 g/mol. The van der Waals surface area contributed by atoms with E-state index in [1.54, 1.807) is 18.2 Å². The molecule has 1 aromatic rings. The van der Waals surface area contributed by atoms with Crippen LogP contribution in [-0.2, 0) is 16.1 Å². The molecular formula is C13H18N2O3. The second-order valence-corrected chi connectivity index (χ2v) is 4.28. The molecule has 3 N–H and O–H groups in total. The lowest BCUT2D eigenvalue weighted by Crippen LogP contribution is -2.40. The van der Waals surface area contributed by atoms with E-state index >= 15 is 0 Å². The molecule has 1 aliphatic heterocycles. The molecule has 0 bridgehead atoms. The summed E-state index contributed by atoms with van der Waals surface area (Å²) in [6, 6.07) is 7.16. The molecule has 98 valence electrons. The molecule has 5 heteroatoms. The van der Waals surface area contributed by atoms with Crippen LogP contribution in [0.25, 0.3) is 0 Å². The van der Waals surface area contributed by atoms with Gasteiger partial charge in [0.25, 0.3) is 0 Å². The van der Waals surface area contributed by atoms with Gasteiger partial charge < -0.3 is 20.5 Å². The summed E-state index contributed by atoms with van der Waals surface area (Å²) >= 11 is 0. The minimum Gasteiger partial charge on any atom is -0.374 e. The third-order valence-electron chi connectivity index (χ3n) is 2.79. The smallest absolute Gasteiger partial charge is 0.248 e. The normalized spacial score (nSPS) is 19.7. The zero-order valence-corrected chi connectivity index (χ0v) is 10.2. The van der Waals surface area contributed by atoms with Crippen molar-refractivity contribution < 1.29 is 14.3 Å². The van der Waals surface area contributed by atoms with E-state index in [1.807, 2.05) is 6.07 Å². The van der Waals surface area contributed by atoms with Crippen LogP contribution in [0.4, 0.5) is 0 Å². The summed E-state index contributed by atoms with van der Waals surface area (Å²) in [5.41, 5.74) is 6.67. The standard InChI is InChI=1S/C13H18N2O3/c14-13(16)11-3-1-2-10(6-11)8-17-9-12-7-15-4-5-18-12/h1-3,6,12,15H,4-5,7-9H2,(H2,14,16). The highest BCUT2D eigenvalue weighted by Crippen LogP contribution is 2.07. The van der Waals surface area contributed by atoms with E-state index in [9.17, 15) is 4.79 Å². The van der Waals surface area contributed by atoms with Crippen molar-refractivity contribution in [2.45, 2.75) is 12.7 Å². The molecule has 0 aromatic heterocycles. The zero-order chi connectivity index (χ0) is 12.8. The number of carbonyl (C=O) groups excluding carboxylic acids is 1. The molecule has 1 aromatic carbocycles. The van der Waals surface area contributed by atoms with Gasteiger partial charge in [-0.25, -0.2) is 0 Å². The Kier molecular flexibility index (Phi) is 4.69. The maximum atomic E-state index is 11.0. The molecule has 1 saturated heterocycles. The number of rotatable bonds is 5. The second-order valence-electron chi connectivity index (χ2n) is 4.28. The summed E-state index contributed by atoms with van der Waals surface area (Å²) in [5, 5.41) is 3.24. The Morgan fingerprint density at radius 2 is 2.44 bits per heavy atom. The first-order valence-electron chi connectivity index (χ1n) is 6.04. The van der Waals surface area contributed by atoms with Gasteiger partial charge in [-0.05, 0) is 17.7 Å². The van der Waals surface area contributed by atoms with Crippen molar-refractivity contribution in [3.8, 4) is 0 Å². The minimum atomic E-state index is -0.420. The fourth-order valence-corrected chi connectivity index (χ4v) is 1.85. The van der Waals surface area contributed by atoms with Gasteiger partial charge in [0.1, 0.15) is 0 Å². The molecular weight excluding hydrogens is 232 g/mol. The van der Waals surface area contributed by atoms with Crippen LogP contribution < -0.4 is 11.1 Å². The molecule has 5 nitrogen and oxygen atoms in total. The van der Waals surface area contributed by atoms with Crippen molar-refractivity contribution >= 4 is 5.91 Å². The lowest BCUT2D eigenvalue weighted by atomic mass is 10.1. The summed E-state index contributed by atoms with van der Waals surface area (Å²) in [7, 11) is 0. The highest BCUT2D eigenvalue weighted by Gasteiger charge is 2.13. The van der Waals surface area contributed by atoms with Gasteiger partial charge in [-0.3, -0.25) is 4.79 Å². The molecule has 0 aliphatic carbocycles. The third kappa shape index (κ3) is 3.80. The number of carbonyl (C=O) groups is 1. The number of ether oxygens (including phenoxy) is 2. The van der Waals surface area contributed by atoms with E-state index < -0.39 is 5.91 Å². The van der Waals surface area contributed by atoms with Crippen LogP contribution in [0, 0.1) is 0 Å². The molecule has 2 rings (SSSR count). The second kappa shape index (κ2) is 6.49. The van der Waals surface area contributed by atoms with Crippen molar-refractivity contribution in [1.29, 1.82) is 0 Å². The number of nitrogens with one attached hydrogen (secondary N) is 1. The van der Waals surface area contributed by atoms with Crippen LogP contribution in [0.3, 0.4) is 0 Å². The number of amides is 1. The van der Waals surface area contributed by atoms with Crippen molar-refractivity contribution in [3.05, 3.63) is 35.4 Å². The Morgan fingerprint density at radius 3 is 3.17 bits per heavy atom. The summed E-state index contributed by atoms with van der Waals surface area (Å²) in [6.07, 6.45) is 0.109. The van der Waals surface area contributed by atoms with E-state index in [0.717, 1.165) is 25.3 Å². The van der Waals surface area contributed by atoms with E-state index in [2.05, 4.69) is 5.32 Å². The van der Waals surface area contributed by atoms with Crippen LogP contribution in [0.15, 0.2) is 24.3 Å². The van der Waals surface area contributed by atoms with Crippen LogP contribution in [0.1, 0.15) is 15.9 Å². The van der Waals surface area contributed by atoms with Crippen LogP contribution in [0.2, 0.25) is 0 Å². The van der Waals surface area contributed by atoms with Gasteiger partial charge in [-0.15, -0.1) is 0 Å². The molecule has 1 atom stereocenters. The van der Waals surface area contributed by atoms with E-state index in [4.69, 9.17) is 15.2 Å². The fraction of sp³-hybridized carbons (Fsp3) is 0.462. The minimum absolute atomic E-state index is 0.109. The Labute approximate surface area is 106 Å². The molecule has 0 radical (unpaired) electrons. The lowest BCUT2D eigenvalue weighted by molar-refractivity contribution is -0.0357. The number of hydrogen-bond donors (Lipinski definition) is 2. The number of hydrogen-bond acceptors (Lipinski definition) is 4. The van der Waals surface area contributed by atoms with Gasteiger partial charge in [0, 0.05) is 18.7 Å². The average Bonchev–Trinajstić information content (AvgIpc) is 2.40. The SMILES string of the molecule is NC(=O)c1cccc(COCC2CNCCO2)c1. The number of primary amides is 1. The quantitative estimate of drug-likeness (QED) is 0.788. The summed E-state index contributed by atoms with van der Waals surface area (Å²) in [6.45, 7) is 3.46. The topological polar surface area (TPSA) is 73.6 Å².